The molecule has 0 unspecified atom stereocenters. The van der Waals surface area contributed by atoms with E-state index in [4.69, 9.17) is 4.74 Å². The number of thiazole rings is 1. The molecule has 100 valence electrons. The van der Waals surface area contributed by atoms with Crippen LogP contribution in [0.3, 0.4) is 0 Å². The zero-order valence-electron chi connectivity index (χ0n) is 10.6. The Morgan fingerprint density at radius 1 is 1.37 bits per heavy atom. The maximum absolute atomic E-state index is 12.7. The number of hydrogen-bond donors (Lipinski definition) is 0. The van der Waals surface area contributed by atoms with Gasteiger partial charge < -0.3 is 9.64 Å². The number of ether oxygens (including phenoxy) is 1. The second-order valence-electron chi connectivity index (χ2n) is 4.07. The van der Waals surface area contributed by atoms with Crippen LogP contribution in [-0.4, -0.2) is 29.9 Å². The standard InChI is InChI=1S/C13H13FN2O2S/c1-16(2)13(17)11-8-19-12(15-11)7-18-10-5-3-9(14)4-6-10/h3-6,8H,7H2,1-2H3. The molecule has 1 heterocycles. The van der Waals surface area contributed by atoms with Crippen LogP contribution in [0, 0.1) is 5.82 Å². The van der Waals surface area contributed by atoms with Gasteiger partial charge in [-0.15, -0.1) is 11.3 Å². The summed E-state index contributed by atoms with van der Waals surface area (Å²) < 4.78 is 18.2. The van der Waals surface area contributed by atoms with E-state index >= 15 is 0 Å². The largest absolute Gasteiger partial charge is 0.486 e. The number of nitrogens with zero attached hydrogens (tertiary/aromatic N) is 2. The fraction of sp³-hybridized carbons (Fsp3) is 0.231. The monoisotopic (exact) mass is 280 g/mol. The molecule has 0 radical (unpaired) electrons. The first-order valence-electron chi connectivity index (χ1n) is 5.60. The first kappa shape index (κ1) is 13.5. The molecule has 1 aromatic heterocycles. The first-order valence-corrected chi connectivity index (χ1v) is 6.48. The summed E-state index contributed by atoms with van der Waals surface area (Å²) in [6, 6.07) is 5.76. The van der Waals surface area contributed by atoms with Crippen molar-refractivity contribution in [1.82, 2.24) is 9.88 Å². The van der Waals surface area contributed by atoms with Crippen LogP contribution < -0.4 is 4.74 Å². The summed E-state index contributed by atoms with van der Waals surface area (Å²) >= 11 is 1.36. The lowest BCUT2D eigenvalue weighted by Crippen LogP contribution is -2.22. The molecule has 19 heavy (non-hydrogen) atoms. The van der Waals surface area contributed by atoms with E-state index in [1.807, 2.05) is 0 Å². The molecule has 2 aromatic rings. The van der Waals surface area contributed by atoms with Crippen LogP contribution in [0.25, 0.3) is 0 Å². The highest BCUT2D eigenvalue weighted by atomic mass is 32.1. The van der Waals surface area contributed by atoms with Crippen LogP contribution in [-0.2, 0) is 6.61 Å². The van der Waals surface area contributed by atoms with E-state index in [1.165, 1.54) is 28.4 Å². The van der Waals surface area contributed by atoms with Crippen LogP contribution in [0.1, 0.15) is 15.5 Å². The van der Waals surface area contributed by atoms with Crippen molar-refractivity contribution in [1.29, 1.82) is 0 Å². The maximum atomic E-state index is 12.7. The molecular weight excluding hydrogens is 267 g/mol. The maximum Gasteiger partial charge on any atom is 0.272 e. The fourth-order valence-electron chi connectivity index (χ4n) is 1.38. The minimum Gasteiger partial charge on any atom is -0.486 e. The van der Waals surface area contributed by atoms with Gasteiger partial charge in [0.15, 0.2) is 0 Å². The number of benzene rings is 1. The van der Waals surface area contributed by atoms with Crippen LogP contribution >= 0.6 is 11.3 Å². The minimum atomic E-state index is -0.305. The van der Waals surface area contributed by atoms with Gasteiger partial charge in [-0.2, -0.15) is 0 Å². The Kier molecular flexibility index (Phi) is 4.11. The van der Waals surface area contributed by atoms with E-state index in [1.54, 1.807) is 31.6 Å². The predicted octanol–water partition coefficient (Wildman–Crippen LogP) is 2.56. The summed E-state index contributed by atoms with van der Waals surface area (Å²) in [7, 11) is 3.35. The Morgan fingerprint density at radius 3 is 2.68 bits per heavy atom. The number of amides is 1. The molecule has 0 spiro atoms. The molecule has 0 aliphatic carbocycles. The molecule has 0 saturated heterocycles. The zero-order valence-corrected chi connectivity index (χ0v) is 11.4. The van der Waals surface area contributed by atoms with Gasteiger partial charge in [-0.1, -0.05) is 0 Å². The fourth-order valence-corrected chi connectivity index (χ4v) is 2.06. The molecule has 1 amide bonds. The molecule has 0 aliphatic heterocycles. The van der Waals surface area contributed by atoms with Crippen molar-refractivity contribution >= 4 is 17.2 Å². The third-order valence-corrected chi connectivity index (χ3v) is 3.18. The molecular formula is C13H13FN2O2S. The van der Waals surface area contributed by atoms with Gasteiger partial charge >= 0.3 is 0 Å². The Bertz CT molecular complexity index is 566. The van der Waals surface area contributed by atoms with Gasteiger partial charge in [0.25, 0.3) is 5.91 Å². The average molecular weight is 280 g/mol. The van der Waals surface area contributed by atoms with Gasteiger partial charge in [-0.05, 0) is 24.3 Å². The van der Waals surface area contributed by atoms with Crippen LogP contribution in [0.4, 0.5) is 4.39 Å². The Morgan fingerprint density at radius 2 is 2.05 bits per heavy atom. The SMILES string of the molecule is CN(C)C(=O)c1csc(COc2ccc(F)cc2)n1. The van der Waals surface area contributed by atoms with Crippen molar-refractivity contribution in [3.05, 3.63) is 46.2 Å². The lowest BCUT2D eigenvalue weighted by molar-refractivity contribution is 0.0822. The van der Waals surface area contributed by atoms with Gasteiger partial charge in [0.2, 0.25) is 0 Å². The topological polar surface area (TPSA) is 42.4 Å². The number of carbonyl (C=O) groups excluding carboxylic acids is 1. The summed E-state index contributed by atoms with van der Waals surface area (Å²) in [4.78, 5) is 17.3. The van der Waals surface area contributed by atoms with Gasteiger partial charge in [0, 0.05) is 19.5 Å². The molecule has 0 fully saturated rings. The highest BCUT2D eigenvalue weighted by molar-refractivity contribution is 7.09. The molecule has 1 aromatic carbocycles. The number of rotatable bonds is 4. The molecule has 0 aliphatic rings. The summed E-state index contributed by atoms with van der Waals surface area (Å²) in [5.74, 6) is 0.127. The lowest BCUT2D eigenvalue weighted by atomic mass is 10.3. The lowest BCUT2D eigenvalue weighted by Gasteiger charge is -2.06. The van der Waals surface area contributed by atoms with Crippen LogP contribution in [0.5, 0.6) is 5.75 Å². The van der Waals surface area contributed by atoms with Crippen molar-refractivity contribution in [2.75, 3.05) is 14.1 Å². The second-order valence-corrected chi connectivity index (χ2v) is 5.01. The Hall–Kier alpha value is -1.95. The summed E-state index contributed by atoms with van der Waals surface area (Å²) in [5.41, 5.74) is 0.410. The molecule has 2 rings (SSSR count). The molecule has 0 bridgehead atoms. The summed E-state index contributed by atoms with van der Waals surface area (Å²) in [6.07, 6.45) is 0. The smallest absolute Gasteiger partial charge is 0.272 e. The Balaban J connectivity index is 1.97. The third kappa shape index (κ3) is 3.51. The van der Waals surface area contributed by atoms with Gasteiger partial charge in [-0.3, -0.25) is 4.79 Å². The normalized spacial score (nSPS) is 10.3. The van der Waals surface area contributed by atoms with Crippen molar-refractivity contribution < 1.29 is 13.9 Å². The minimum absolute atomic E-state index is 0.135. The van der Waals surface area contributed by atoms with Crippen molar-refractivity contribution in [2.24, 2.45) is 0 Å². The molecule has 0 atom stereocenters. The number of hydrogen-bond acceptors (Lipinski definition) is 4. The van der Waals surface area contributed by atoms with Gasteiger partial charge in [-0.25, -0.2) is 9.37 Å². The highest BCUT2D eigenvalue weighted by Crippen LogP contribution is 2.16. The van der Waals surface area contributed by atoms with Crippen LogP contribution in [0.2, 0.25) is 0 Å². The summed E-state index contributed by atoms with van der Waals surface area (Å²) in [6.45, 7) is 0.261. The zero-order chi connectivity index (χ0) is 13.8. The van der Waals surface area contributed by atoms with E-state index in [0.29, 0.717) is 16.5 Å². The van der Waals surface area contributed by atoms with E-state index in [-0.39, 0.29) is 18.3 Å². The van der Waals surface area contributed by atoms with E-state index in [9.17, 15) is 9.18 Å². The molecule has 0 N–H and O–H groups in total. The van der Waals surface area contributed by atoms with Crippen molar-refractivity contribution in [3.63, 3.8) is 0 Å². The highest BCUT2D eigenvalue weighted by Gasteiger charge is 2.12. The molecule has 6 heteroatoms. The predicted molar refractivity (Wildman–Crippen MR) is 70.9 cm³/mol. The van der Waals surface area contributed by atoms with E-state index in [0.717, 1.165) is 0 Å². The van der Waals surface area contributed by atoms with Gasteiger partial charge in [0.1, 0.15) is 28.9 Å². The molecule has 4 nitrogen and oxygen atoms in total. The molecule has 0 saturated carbocycles. The quantitative estimate of drug-likeness (QED) is 0.864. The second kappa shape index (κ2) is 5.79. The third-order valence-electron chi connectivity index (χ3n) is 2.35. The number of carbonyl (C=O) groups is 1. The van der Waals surface area contributed by atoms with E-state index in [2.05, 4.69) is 4.98 Å². The van der Waals surface area contributed by atoms with Gasteiger partial charge in [0.05, 0.1) is 0 Å². The average Bonchev–Trinajstić information content (AvgIpc) is 2.86. The number of aromatic nitrogens is 1. The Labute approximate surface area is 114 Å². The van der Waals surface area contributed by atoms with Crippen molar-refractivity contribution in [3.8, 4) is 5.75 Å². The van der Waals surface area contributed by atoms with E-state index < -0.39 is 0 Å². The van der Waals surface area contributed by atoms with Crippen molar-refractivity contribution in [2.45, 2.75) is 6.61 Å². The van der Waals surface area contributed by atoms with Crippen LogP contribution in [0.15, 0.2) is 29.6 Å². The first-order chi connectivity index (χ1) is 9.06. The summed E-state index contributed by atoms with van der Waals surface area (Å²) in [5, 5.41) is 2.40. The number of halogens is 1.